The summed E-state index contributed by atoms with van der Waals surface area (Å²) < 4.78 is 0. The predicted molar refractivity (Wildman–Crippen MR) is 81.2 cm³/mol. The van der Waals surface area contributed by atoms with Gasteiger partial charge in [0, 0.05) is 25.6 Å². The Morgan fingerprint density at radius 1 is 1.35 bits per heavy atom. The van der Waals surface area contributed by atoms with Crippen LogP contribution in [-0.4, -0.2) is 29.5 Å². The van der Waals surface area contributed by atoms with Gasteiger partial charge in [0.05, 0.1) is 0 Å². The van der Waals surface area contributed by atoms with E-state index in [1.807, 2.05) is 12.1 Å². The van der Waals surface area contributed by atoms with Crippen LogP contribution in [-0.2, 0) is 11.3 Å². The number of nitrogens with zero attached hydrogens (tertiary/aromatic N) is 1. The number of rotatable bonds is 7. The first-order valence-corrected chi connectivity index (χ1v) is 7.15. The van der Waals surface area contributed by atoms with Crippen LogP contribution in [0.15, 0.2) is 24.3 Å². The van der Waals surface area contributed by atoms with Crippen LogP contribution in [0.1, 0.15) is 32.3 Å². The zero-order valence-corrected chi connectivity index (χ0v) is 12.7. The van der Waals surface area contributed by atoms with Gasteiger partial charge in [-0.15, -0.1) is 0 Å². The average molecular weight is 278 g/mol. The number of nitrogens with two attached hydrogens (primary N) is 1. The van der Waals surface area contributed by atoms with Crippen LogP contribution in [0.4, 0.5) is 0 Å². The van der Waals surface area contributed by atoms with Crippen molar-refractivity contribution < 1.29 is 9.90 Å². The molecule has 0 radical (unpaired) electrons. The monoisotopic (exact) mass is 278 g/mol. The third-order valence-electron chi connectivity index (χ3n) is 3.43. The summed E-state index contributed by atoms with van der Waals surface area (Å²) in [5.74, 6) is 1.07. The number of hydrogen-bond acceptors (Lipinski definition) is 3. The molecule has 0 bridgehead atoms. The number of carbonyl (C=O) groups excluding carboxylic acids is 1. The molecule has 0 heterocycles. The second kappa shape index (κ2) is 7.90. The maximum atomic E-state index is 12.2. The van der Waals surface area contributed by atoms with Crippen LogP contribution >= 0.6 is 0 Å². The van der Waals surface area contributed by atoms with Crippen molar-refractivity contribution in [3.63, 3.8) is 0 Å². The first-order chi connectivity index (χ1) is 9.43. The zero-order chi connectivity index (χ0) is 15.1. The highest BCUT2D eigenvalue weighted by atomic mass is 16.3. The van der Waals surface area contributed by atoms with Gasteiger partial charge < -0.3 is 15.7 Å². The number of phenols is 1. The third-order valence-corrected chi connectivity index (χ3v) is 3.43. The highest BCUT2D eigenvalue weighted by Crippen LogP contribution is 2.19. The molecule has 0 aliphatic carbocycles. The molecule has 1 atom stereocenters. The second-order valence-electron chi connectivity index (χ2n) is 5.81. The van der Waals surface area contributed by atoms with Crippen LogP contribution in [0.5, 0.6) is 5.75 Å². The molecule has 0 saturated carbocycles. The molecule has 1 rings (SSSR count). The van der Waals surface area contributed by atoms with Crippen LogP contribution in [0, 0.1) is 11.8 Å². The zero-order valence-electron chi connectivity index (χ0n) is 12.7. The minimum atomic E-state index is 0.0735. The molecule has 4 nitrogen and oxygen atoms in total. The van der Waals surface area contributed by atoms with Crippen LogP contribution in [0.3, 0.4) is 0 Å². The van der Waals surface area contributed by atoms with E-state index in [0.29, 0.717) is 25.4 Å². The molecular formula is C16H26N2O2. The van der Waals surface area contributed by atoms with E-state index < -0.39 is 0 Å². The van der Waals surface area contributed by atoms with Gasteiger partial charge in [-0.2, -0.15) is 0 Å². The fourth-order valence-corrected chi connectivity index (χ4v) is 2.32. The fourth-order valence-electron chi connectivity index (χ4n) is 2.32. The largest absolute Gasteiger partial charge is 0.508 e. The van der Waals surface area contributed by atoms with Gasteiger partial charge in [0.25, 0.3) is 0 Å². The highest BCUT2D eigenvalue weighted by Gasteiger charge is 2.17. The minimum absolute atomic E-state index is 0.0735. The molecule has 1 aromatic rings. The lowest BCUT2D eigenvalue weighted by atomic mass is 9.94. The Bertz CT molecular complexity index is 432. The van der Waals surface area contributed by atoms with E-state index in [9.17, 15) is 9.90 Å². The van der Waals surface area contributed by atoms with Crippen molar-refractivity contribution in [2.75, 3.05) is 13.6 Å². The summed E-state index contributed by atoms with van der Waals surface area (Å²) in [4.78, 5) is 13.8. The van der Waals surface area contributed by atoms with Gasteiger partial charge in [0.1, 0.15) is 5.75 Å². The van der Waals surface area contributed by atoms with Crippen molar-refractivity contribution >= 4 is 5.91 Å². The number of phenolic OH excluding ortho intramolecular Hbond substituents is 1. The maximum Gasteiger partial charge on any atom is 0.222 e. The normalized spacial score (nSPS) is 12.4. The average Bonchev–Trinajstić information content (AvgIpc) is 2.39. The summed E-state index contributed by atoms with van der Waals surface area (Å²) in [5.41, 5.74) is 6.50. The van der Waals surface area contributed by atoms with E-state index in [1.54, 1.807) is 24.1 Å². The van der Waals surface area contributed by atoms with Crippen molar-refractivity contribution in [1.82, 2.24) is 4.90 Å². The van der Waals surface area contributed by atoms with Crippen LogP contribution in [0.25, 0.3) is 0 Å². The SMILES string of the molecule is CC(C)CC(CN)CC(=O)N(C)Cc1ccccc1O. The van der Waals surface area contributed by atoms with Crippen LogP contribution in [0.2, 0.25) is 0 Å². The van der Waals surface area contributed by atoms with Gasteiger partial charge >= 0.3 is 0 Å². The van der Waals surface area contributed by atoms with E-state index >= 15 is 0 Å². The predicted octanol–water partition coefficient (Wildman–Crippen LogP) is 2.36. The molecule has 0 fully saturated rings. The number of carbonyl (C=O) groups is 1. The third kappa shape index (κ3) is 5.21. The molecule has 1 amide bonds. The molecular weight excluding hydrogens is 252 g/mol. The van der Waals surface area contributed by atoms with Crippen LogP contribution < -0.4 is 5.73 Å². The molecule has 3 N–H and O–H groups in total. The Hall–Kier alpha value is -1.55. The molecule has 0 spiro atoms. The number of amides is 1. The second-order valence-corrected chi connectivity index (χ2v) is 5.81. The Kier molecular flexibility index (Phi) is 6.52. The van der Waals surface area contributed by atoms with Gasteiger partial charge in [-0.3, -0.25) is 4.79 Å². The Morgan fingerprint density at radius 2 is 2.00 bits per heavy atom. The van der Waals surface area contributed by atoms with E-state index in [0.717, 1.165) is 12.0 Å². The van der Waals surface area contributed by atoms with Gasteiger partial charge in [-0.05, 0) is 30.9 Å². The van der Waals surface area contributed by atoms with Gasteiger partial charge in [0.15, 0.2) is 0 Å². The maximum absolute atomic E-state index is 12.2. The Morgan fingerprint density at radius 3 is 2.55 bits per heavy atom. The van der Waals surface area contributed by atoms with Crippen molar-refractivity contribution in [2.45, 2.75) is 33.2 Å². The molecule has 1 unspecified atom stereocenters. The Balaban J connectivity index is 2.56. The molecule has 0 aromatic heterocycles. The molecule has 20 heavy (non-hydrogen) atoms. The standard InChI is InChI=1S/C16H26N2O2/c1-12(2)8-13(10-17)9-16(20)18(3)11-14-6-4-5-7-15(14)19/h4-7,12-13,19H,8-11,17H2,1-3H3. The van der Waals surface area contributed by atoms with Gasteiger partial charge in [0.2, 0.25) is 5.91 Å². The first-order valence-electron chi connectivity index (χ1n) is 7.15. The number of hydrogen-bond donors (Lipinski definition) is 2. The summed E-state index contributed by atoms with van der Waals surface area (Å²) in [6, 6.07) is 7.09. The van der Waals surface area contributed by atoms with Crippen molar-refractivity contribution in [1.29, 1.82) is 0 Å². The first kappa shape index (κ1) is 16.5. The van der Waals surface area contributed by atoms with Crippen molar-refractivity contribution in [3.05, 3.63) is 29.8 Å². The van der Waals surface area contributed by atoms with Crippen molar-refractivity contribution in [3.8, 4) is 5.75 Å². The lowest BCUT2D eigenvalue weighted by Crippen LogP contribution is -2.30. The van der Waals surface area contributed by atoms with E-state index in [-0.39, 0.29) is 17.6 Å². The fraction of sp³-hybridized carbons (Fsp3) is 0.562. The molecule has 112 valence electrons. The summed E-state index contributed by atoms with van der Waals surface area (Å²) >= 11 is 0. The van der Waals surface area contributed by atoms with E-state index in [4.69, 9.17) is 5.73 Å². The Labute approximate surface area is 121 Å². The number of para-hydroxylation sites is 1. The lowest BCUT2D eigenvalue weighted by Gasteiger charge is -2.22. The summed E-state index contributed by atoms with van der Waals surface area (Å²) in [6.07, 6.45) is 1.44. The lowest BCUT2D eigenvalue weighted by molar-refractivity contribution is -0.131. The van der Waals surface area contributed by atoms with Gasteiger partial charge in [-0.1, -0.05) is 32.0 Å². The number of aromatic hydroxyl groups is 1. The smallest absolute Gasteiger partial charge is 0.222 e. The topological polar surface area (TPSA) is 66.6 Å². The molecule has 0 saturated heterocycles. The summed E-state index contributed by atoms with van der Waals surface area (Å²) in [5, 5.41) is 9.73. The summed E-state index contributed by atoms with van der Waals surface area (Å²) in [7, 11) is 1.76. The molecule has 4 heteroatoms. The highest BCUT2D eigenvalue weighted by molar-refractivity contribution is 5.76. The molecule has 0 aliphatic rings. The summed E-state index contributed by atoms with van der Waals surface area (Å²) in [6.45, 7) is 5.23. The molecule has 1 aromatic carbocycles. The minimum Gasteiger partial charge on any atom is -0.508 e. The van der Waals surface area contributed by atoms with E-state index in [1.165, 1.54) is 0 Å². The quantitative estimate of drug-likeness (QED) is 0.804. The number of benzene rings is 1. The molecule has 0 aliphatic heterocycles. The van der Waals surface area contributed by atoms with E-state index in [2.05, 4.69) is 13.8 Å². The van der Waals surface area contributed by atoms with Gasteiger partial charge in [-0.25, -0.2) is 0 Å². The van der Waals surface area contributed by atoms with Crippen molar-refractivity contribution in [2.24, 2.45) is 17.6 Å².